The van der Waals surface area contributed by atoms with Crippen molar-refractivity contribution in [2.24, 2.45) is 0 Å². The van der Waals surface area contributed by atoms with E-state index in [0.29, 0.717) is 13.2 Å². The van der Waals surface area contributed by atoms with E-state index in [1.165, 1.54) is 42.4 Å². The summed E-state index contributed by atoms with van der Waals surface area (Å²) in [7, 11) is -3.72. The van der Waals surface area contributed by atoms with E-state index in [9.17, 15) is 18.0 Å². The molecule has 8 nitrogen and oxygen atoms in total. The summed E-state index contributed by atoms with van der Waals surface area (Å²) in [6.07, 6.45) is 0. The number of benzene rings is 1. The molecule has 1 aliphatic rings. The second-order valence-corrected chi connectivity index (χ2v) is 7.87. The molecule has 132 valence electrons. The zero-order valence-electron chi connectivity index (χ0n) is 13.5. The third-order valence-corrected chi connectivity index (χ3v) is 5.56. The molecule has 1 aliphatic heterocycles. The Morgan fingerprint density at radius 1 is 1.25 bits per heavy atom. The normalized spacial score (nSPS) is 16.6. The monoisotopic (exact) mass is 356 g/mol. The van der Waals surface area contributed by atoms with Crippen molar-refractivity contribution in [3.05, 3.63) is 29.8 Å². The molecule has 1 fully saturated rings. The second-order valence-electron chi connectivity index (χ2n) is 5.93. The summed E-state index contributed by atoms with van der Waals surface area (Å²) in [4.78, 5) is 23.3. The van der Waals surface area contributed by atoms with Crippen molar-refractivity contribution in [3.8, 4) is 0 Å². The molecule has 1 aromatic carbocycles. The van der Waals surface area contributed by atoms with Gasteiger partial charge in [0.2, 0.25) is 10.0 Å². The minimum atomic E-state index is -3.72. The quantitative estimate of drug-likeness (QED) is 0.785. The van der Waals surface area contributed by atoms with Crippen LogP contribution in [0, 0.1) is 0 Å². The number of carboxylic acids is 1. The fraction of sp³-hybridized carbons (Fsp3) is 0.467. The van der Waals surface area contributed by atoms with Crippen LogP contribution in [-0.2, 0) is 19.6 Å². The summed E-state index contributed by atoms with van der Waals surface area (Å²) in [6.45, 7) is 3.86. The Morgan fingerprint density at radius 2 is 1.88 bits per heavy atom. The van der Waals surface area contributed by atoms with E-state index in [4.69, 9.17) is 9.84 Å². The fourth-order valence-corrected chi connectivity index (χ4v) is 3.60. The second kappa shape index (κ2) is 6.88. The van der Waals surface area contributed by atoms with Gasteiger partial charge in [0.05, 0.1) is 18.1 Å². The molecule has 0 spiro atoms. The van der Waals surface area contributed by atoms with Crippen molar-refractivity contribution in [1.82, 2.24) is 9.62 Å². The van der Waals surface area contributed by atoms with Gasteiger partial charge in [-0.1, -0.05) is 6.07 Å². The Kier molecular flexibility index (Phi) is 5.26. The maximum Gasteiger partial charge on any atom is 0.328 e. The molecule has 1 amide bonds. The molecular formula is C15H20N2O6S. The number of nitrogens with zero attached hydrogens (tertiary/aromatic N) is 1. The number of morpholine rings is 1. The Bertz CT molecular complexity index is 738. The van der Waals surface area contributed by atoms with Gasteiger partial charge in [0, 0.05) is 18.7 Å². The molecule has 0 aromatic heterocycles. The van der Waals surface area contributed by atoms with Crippen molar-refractivity contribution >= 4 is 21.9 Å². The number of hydrogen-bond acceptors (Lipinski definition) is 5. The van der Waals surface area contributed by atoms with Gasteiger partial charge >= 0.3 is 5.97 Å². The molecule has 1 aromatic rings. The summed E-state index contributed by atoms with van der Waals surface area (Å²) in [5.74, 6) is -1.84. The van der Waals surface area contributed by atoms with E-state index < -0.39 is 27.4 Å². The van der Waals surface area contributed by atoms with Crippen LogP contribution in [0.4, 0.5) is 0 Å². The summed E-state index contributed by atoms with van der Waals surface area (Å²) in [5.41, 5.74) is -1.38. The smallest absolute Gasteiger partial charge is 0.328 e. The Morgan fingerprint density at radius 3 is 2.46 bits per heavy atom. The number of amides is 1. The summed E-state index contributed by atoms with van der Waals surface area (Å²) in [6, 6.07) is 5.55. The molecule has 0 radical (unpaired) electrons. The highest BCUT2D eigenvalue weighted by Crippen LogP contribution is 2.18. The van der Waals surface area contributed by atoms with Crippen LogP contribution in [0.5, 0.6) is 0 Å². The lowest BCUT2D eigenvalue weighted by Crippen LogP contribution is -2.49. The molecule has 1 saturated heterocycles. The van der Waals surface area contributed by atoms with Gasteiger partial charge in [0.15, 0.2) is 0 Å². The zero-order chi connectivity index (χ0) is 18.0. The van der Waals surface area contributed by atoms with Crippen molar-refractivity contribution < 1.29 is 27.9 Å². The number of hydrogen-bond donors (Lipinski definition) is 2. The largest absolute Gasteiger partial charge is 0.480 e. The minimum absolute atomic E-state index is 0.00909. The van der Waals surface area contributed by atoms with E-state index in [1.807, 2.05) is 0 Å². The van der Waals surface area contributed by atoms with Gasteiger partial charge in [-0.3, -0.25) is 4.79 Å². The lowest BCUT2D eigenvalue weighted by molar-refractivity contribution is -0.143. The summed E-state index contributed by atoms with van der Waals surface area (Å²) < 4.78 is 31.6. The summed E-state index contributed by atoms with van der Waals surface area (Å²) >= 11 is 0. The summed E-state index contributed by atoms with van der Waals surface area (Å²) in [5, 5.41) is 11.4. The van der Waals surface area contributed by atoms with Crippen molar-refractivity contribution in [2.75, 3.05) is 26.3 Å². The Labute approximate surface area is 140 Å². The van der Waals surface area contributed by atoms with Crippen LogP contribution in [0.3, 0.4) is 0 Å². The predicted molar refractivity (Wildman–Crippen MR) is 85.2 cm³/mol. The number of rotatable bonds is 5. The highest BCUT2D eigenvalue weighted by molar-refractivity contribution is 7.89. The first kappa shape index (κ1) is 18.4. The van der Waals surface area contributed by atoms with E-state index in [2.05, 4.69) is 5.32 Å². The van der Waals surface area contributed by atoms with Gasteiger partial charge in [-0.15, -0.1) is 0 Å². The van der Waals surface area contributed by atoms with Crippen LogP contribution in [0.2, 0.25) is 0 Å². The Balaban J connectivity index is 2.25. The molecule has 9 heteroatoms. The zero-order valence-corrected chi connectivity index (χ0v) is 14.3. The highest BCUT2D eigenvalue weighted by atomic mass is 32.2. The number of aliphatic carboxylic acids is 1. The van der Waals surface area contributed by atoms with Gasteiger partial charge in [-0.25, -0.2) is 13.2 Å². The minimum Gasteiger partial charge on any atom is -0.480 e. The van der Waals surface area contributed by atoms with Crippen LogP contribution in [0.15, 0.2) is 29.2 Å². The molecule has 0 atom stereocenters. The van der Waals surface area contributed by atoms with Crippen LogP contribution in [-0.4, -0.2) is 61.5 Å². The van der Waals surface area contributed by atoms with Crippen molar-refractivity contribution in [3.63, 3.8) is 0 Å². The molecule has 2 N–H and O–H groups in total. The molecular weight excluding hydrogens is 336 g/mol. The maximum absolute atomic E-state index is 12.6. The maximum atomic E-state index is 12.6. The van der Waals surface area contributed by atoms with Crippen molar-refractivity contribution in [2.45, 2.75) is 24.3 Å². The number of carbonyl (C=O) groups is 2. The van der Waals surface area contributed by atoms with Gasteiger partial charge < -0.3 is 15.2 Å². The van der Waals surface area contributed by atoms with Crippen LogP contribution < -0.4 is 5.32 Å². The average Bonchev–Trinajstić information content (AvgIpc) is 2.55. The first-order valence-corrected chi connectivity index (χ1v) is 8.82. The number of sulfonamides is 1. The topological polar surface area (TPSA) is 113 Å². The van der Waals surface area contributed by atoms with E-state index in [-0.39, 0.29) is 23.5 Å². The Hall–Kier alpha value is -1.97. The van der Waals surface area contributed by atoms with Gasteiger partial charge in [-0.2, -0.15) is 4.31 Å². The number of ether oxygens (including phenoxy) is 1. The number of carboxylic acid groups (broad SMARTS) is 1. The number of nitrogens with one attached hydrogen (secondary N) is 1. The lowest BCUT2D eigenvalue weighted by Gasteiger charge is -2.26. The molecule has 2 rings (SSSR count). The average molecular weight is 356 g/mol. The van der Waals surface area contributed by atoms with Crippen molar-refractivity contribution in [1.29, 1.82) is 0 Å². The first-order valence-electron chi connectivity index (χ1n) is 7.38. The standard InChI is InChI=1S/C15H20N2O6S/c1-15(2,14(19)20)16-13(18)11-4-3-5-12(10-11)24(21,22)17-6-8-23-9-7-17/h3-5,10H,6-9H2,1-2H3,(H,16,18)(H,19,20). The molecule has 0 unspecified atom stereocenters. The molecule has 24 heavy (non-hydrogen) atoms. The lowest BCUT2D eigenvalue weighted by atomic mass is 10.1. The van der Waals surface area contributed by atoms with Crippen LogP contribution >= 0.6 is 0 Å². The van der Waals surface area contributed by atoms with E-state index in [0.717, 1.165) is 0 Å². The SMILES string of the molecule is CC(C)(NC(=O)c1cccc(S(=O)(=O)N2CCOCC2)c1)C(=O)O. The van der Waals surface area contributed by atoms with Crippen LogP contribution in [0.1, 0.15) is 24.2 Å². The van der Waals surface area contributed by atoms with Gasteiger partial charge in [0.25, 0.3) is 5.91 Å². The third-order valence-electron chi connectivity index (χ3n) is 3.66. The number of carbonyl (C=O) groups excluding carboxylic acids is 1. The van der Waals surface area contributed by atoms with Gasteiger partial charge in [0.1, 0.15) is 5.54 Å². The van der Waals surface area contributed by atoms with Crippen LogP contribution in [0.25, 0.3) is 0 Å². The first-order chi connectivity index (χ1) is 11.1. The van der Waals surface area contributed by atoms with E-state index >= 15 is 0 Å². The predicted octanol–water partition coefficient (Wildman–Crippen LogP) is 0.301. The fourth-order valence-electron chi connectivity index (χ4n) is 2.14. The highest BCUT2D eigenvalue weighted by Gasteiger charge is 2.30. The van der Waals surface area contributed by atoms with Gasteiger partial charge in [-0.05, 0) is 32.0 Å². The molecule has 1 heterocycles. The molecule has 0 bridgehead atoms. The third kappa shape index (κ3) is 3.92. The van der Waals surface area contributed by atoms with E-state index in [1.54, 1.807) is 0 Å². The molecule has 0 saturated carbocycles. The molecule has 0 aliphatic carbocycles.